The predicted octanol–water partition coefficient (Wildman–Crippen LogP) is -1.37. The maximum atomic E-state index is 11.5. The second-order valence-corrected chi connectivity index (χ2v) is 4.75. The first-order chi connectivity index (χ1) is 9.24. The molecule has 0 amide bonds. The van der Waals surface area contributed by atoms with Crippen LogP contribution in [0.25, 0.3) is 0 Å². The summed E-state index contributed by atoms with van der Waals surface area (Å²) in [6.07, 6.45) is 3.86. The van der Waals surface area contributed by atoms with Crippen molar-refractivity contribution in [1.82, 2.24) is 0 Å². The number of hydrogen-bond acceptors (Lipinski definition) is 6. The Labute approximate surface area is 142 Å². The Hall–Kier alpha value is -0.140. The molecule has 110 valence electrons. The molecule has 7 heteroatoms. The number of rotatable bonds is 4. The molecule has 2 aliphatic rings. The van der Waals surface area contributed by atoms with Crippen LogP contribution in [0.1, 0.15) is 46.4 Å². The van der Waals surface area contributed by atoms with Crippen molar-refractivity contribution in [3.8, 4) is 0 Å². The molecule has 2 saturated heterocycles. The number of esters is 2. The largest absolute Gasteiger partial charge is 1.00 e. The Morgan fingerprint density at radius 2 is 1.35 bits per heavy atom. The van der Waals surface area contributed by atoms with E-state index in [1.807, 2.05) is 0 Å². The van der Waals surface area contributed by atoms with E-state index in [-0.39, 0.29) is 37.4 Å². The summed E-state index contributed by atoms with van der Waals surface area (Å²) in [5.74, 6) is -1.21. The topological polar surface area (TPSA) is 71.1 Å². The van der Waals surface area contributed by atoms with Crippen LogP contribution in [-0.4, -0.2) is 37.7 Å². The zero-order valence-corrected chi connectivity index (χ0v) is 14.0. The van der Waals surface area contributed by atoms with Gasteiger partial charge in [0.05, 0.1) is 13.2 Å². The van der Waals surface area contributed by atoms with Crippen LogP contribution in [0.4, 0.5) is 0 Å². The van der Waals surface area contributed by atoms with Crippen molar-refractivity contribution >= 4 is 11.9 Å². The molecule has 2 fully saturated rings. The van der Waals surface area contributed by atoms with Gasteiger partial charge in [-0.3, -0.25) is 9.59 Å². The Kier molecular flexibility index (Phi) is 8.72. The number of carbonyl (C=O) groups excluding carboxylic acids is 2. The van der Waals surface area contributed by atoms with Gasteiger partial charge in [-0.15, -0.1) is 0 Å². The van der Waals surface area contributed by atoms with Gasteiger partial charge in [0.15, 0.2) is 0 Å². The summed E-state index contributed by atoms with van der Waals surface area (Å²) in [6.45, 7) is 1.19. The van der Waals surface area contributed by atoms with Crippen molar-refractivity contribution in [2.24, 2.45) is 0 Å². The fourth-order valence-electron chi connectivity index (χ4n) is 2.10. The molecule has 2 aliphatic heterocycles. The molecule has 0 N–H and O–H groups in total. The molecular weight excluding hydrogens is 275 g/mol. The fourth-order valence-corrected chi connectivity index (χ4v) is 2.10. The van der Waals surface area contributed by atoms with Crippen LogP contribution in [0.5, 0.6) is 0 Å². The first-order valence-corrected chi connectivity index (χ1v) is 6.86. The molecule has 0 spiro atoms. The molecule has 2 rings (SSSR count). The number of carbonyl (C=O) groups is 2. The Balaban J connectivity index is 0.00000200. The molecule has 2 unspecified atom stereocenters. The van der Waals surface area contributed by atoms with E-state index in [1.54, 1.807) is 0 Å². The van der Waals surface area contributed by atoms with Gasteiger partial charge in [0.1, 0.15) is 6.42 Å². The summed E-state index contributed by atoms with van der Waals surface area (Å²) in [4.78, 5) is 23.0. The van der Waals surface area contributed by atoms with Gasteiger partial charge in [0.2, 0.25) is 12.6 Å². The van der Waals surface area contributed by atoms with Crippen LogP contribution < -0.4 is 29.6 Å². The zero-order valence-electron chi connectivity index (χ0n) is 13.0. The predicted molar refractivity (Wildman–Crippen MR) is 65.1 cm³/mol. The third-order valence-corrected chi connectivity index (χ3v) is 3.09. The minimum Gasteiger partial charge on any atom is -1.00 e. The number of ether oxygens (including phenoxy) is 4. The Morgan fingerprint density at radius 3 is 1.70 bits per heavy atom. The first kappa shape index (κ1) is 17.9. The minimum absolute atomic E-state index is 0. The molecule has 2 atom stereocenters. The van der Waals surface area contributed by atoms with Gasteiger partial charge < -0.3 is 20.4 Å². The first-order valence-electron chi connectivity index (χ1n) is 6.86. The van der Waals surface area contributed by atoms with E-state index in [1.165, 1.54) is 0 Å². The Bertz CT molecular complexity index is 286. The molecule has 0 aliphatic carbocycles. The van der Waals surface area contributed by atoms with Crippen LogP contribution in [0.2, 0.25) is 0 Å². The van der Waals surface area contributed by atoms with E-state index in [0.717, 1.165) is 25.7 Å². The molecule has 0 aromatic carbocycles. The molecule has 0 bridgehead atoms. The van der Waals surface area contributed by atoms with E-state index in [2.05, 4.69) is 0 Å². The third-order valence-electron chi connectivity index (χ3n) is 3.09. The van der Waals surface area contributed by atoms with Crippen molar-refractivity contribution < 1.29 is 59.5 Å². The van der Waals surface area contributed by atoms with Crippen molar-refractivity contribution in [3.63, 3.8) is 0 Å². The molecule has 0 radical (unpaired) electrons. The maximum absolute atomic E-state index is 11.5. The molecule has 0 aromatic heterocycles. The maximum Gasteiger partial charge on any atom is 1.00 e. The summed E-state index contributed by atoms with van der Waals surface area (Å²) in [7, 11) is 0. The van der Waals surface area contributed by atoms with Crippen molar-refractivity contribution in [3.05, 3.63) is 0 Å². The summed E-state index contributed by atoms with van der Waals surface area (Å²) < 4.78 is 20.6. The van der Waals surface area contributed by atoms with Crippen LogP contribution in [0, 0.1) is 0 Å². The van der Waals surface area contributed by atoms with E-state index in [4.69, 9.17) is 18.9 Å². The van der Waals surface area contributed by atoms with Crippen molar-refractivity contribution in [2.75, 3.05) is 13.2 Å². The summed E-state index contributed by atoms with van der Waals surface area (Å²) in [5, 5.41) is 0. The fraction of sp³-hybridized carbons (Fsp3) is 0.846. The van der Waals surface area contributed by atoms with Crippen molar-refractivity contribution in [2.45, 2.75) is 57.5 Å². The van der Waals surface area contributed by atoms with Gasteiger partial charge >= 0.3 is 41.5 Å². The van der Waals surface area contributed by atoms with E-state index >= 15 is 0 Å². The Morgan fingerprint density at radius 1 is 0.900 bits per heavy atom. The quantitative estimate of drug-likeness (QED) is 0.362. The minimum atomic E-state index is -0.604. The van der Waals surface area contributed by atoms with Gasteiger partial charge in [-0.25, -0.2) is 0 Å². The van der Waals surface area contributed by atoms with Crippen LogP contribution in [0.3, 0.4) is 0 Å². The van der Waals surface area contributed by atoms with Gasteiger partial charge in [-0.05, 0) is 25.7 Å². The van der Waals surface area contributed by atoms with E-state index in [0.29, 0.717) is 26.1 Å². The molecular formula is C13H21NaO6. The average Bonchev–Trinajstić information content (AvgIpc) is 2.40. The van der Waals surface area contributed by atoms with Gasteiger partial charge in [-0.2, -0.15) is 0 Å². The average molecular weight is 296 g/mol. The van der Waals surface area contributed by atoms with E-state index < -0.39 is 24.5 Å². The van der Waals surface area contributed by atoms with Gasteiger partial charge in [-0.1, -0.05) is 0 Å². The van der Waals surface area contributed by atoms with Gasteiger partial charge in [0.25, 0.3) is 0 Å². The molecule has 0 aromatic rings. The van der Waals surface area contributed by atoms with Crippen LogP contribution in [0.15, 0.2) is 0 Å². The van der Waals surface area contributed by atoms with Gasteiger partial charge in [0, 0.05) is 12.8 Å². The summed E-state index contributed by atoms with van der Waals surface area (Å²) in [5.41, 5.74) is 0. The molecule has 6 nitrogen and oxygen atoms in total. The van der Waals surface area contributed by atoms with Crippen LogP contribution >= 0.6 is 0 Å². The molecule has 0 saturated carbocycles. The normalized spacial score (nSPS) is 26.2. The second kappa shape index (κ2) is 9.73. The van der Waals surface area contributed by atoms with E-state index in [9.17, 15) is 9.59 Å². The van der Waals surface area contributed by atoms with Crippen LogP contribution in [-0.2, 0) is 28.5 Å². The smallest absolute Gasteiger partial charge is 1.00 e. The SMILES string of the molecule is O=C(CC(=O)OC1CCCCO1)OC1CCCCO1.[H-].[Na+]. The van der Waals surface area contributed by atoms with Crippen molar-refractivity contribution in [1.29, 1.82) is 0 Å². The molecule has 20 heavy (non-hydrogen) atoms. The summed E-state index contributed by atoms with van der Waals surface area (Å²) >= 11 is 0. The third kappa shape index (κ3) is 6.54. The monoisotopic (exact) mass is 296 g/mol. The standard InChI is InChI=1S/C13H20O6.Na.H/c14-10(18-12-5-1-3-7-16-12)9-11(15)19-13-6-2-4-8-17-13;;/h12-13H,1-9H2;;/q;+1;-1. The molecule has 2 heterocycles. The number of hydrogen-bond donors (Lipinski definition) is 0. The zero-order chi connectivity index (χ0) is 13.5. The second-order valence-electron chi connectivity index (χ2n) is 4.75. The summed E-state index contributed by atoms with van der Waals surface area (Å²) in [6, 6.07) is 0.